The number of fused-ring (bicyclic) bond motifs is 2. The molecule has 0 bridgehead atoms. The molecule has 1 aliphatic carbocycles. The Morgan fingerprint density at radius 3 is 2.69 bits per heavy atom. The first kappa shape index (κ1) is 25.6. The Morgan fingerprint density at radius 1 is 1.22 bits per heavy atom. The highest BCUT2D eigenvalue weighted by atomic mass is 127. The first-order valence-electron chi connectivity index (χ1n) is 12.4. The summed E-state index contributed by atoms with van der Waals surface area (Å²) in [4.78, 5) is 37.3. The number of benzene rings is 1. The van der Waals surface area contributed by atoms with Gasteiger partial charge >= 0.3 is 0 Å². The third-order valence-electron chi connectivity index (χ3n) is 7.40. The largest absolute Gasteiger partial charge is 0.394 e. The van der Waals surface area contributed by atoms with Crippen LogP contribution < -0.4 is 10.6 Å². The maximum Gasteiger partial charge on any atom is 0.280 e. The first-order chi connectivity index (χ1) is 17.3. The summed E-state index contributed by atoms with van der Waals surface area (Å²) in [6.07, 6.45) is 3.37. The van der Waals surface area contributed by atoms with Gasteiger partial charge in [0, 0.05) is 57.3 Å². The van der Waals surface area contributed by atoms with Crippen molar-refractivity contribution in [3.05, 3.63) is 51.1 Å². The molecule has 10 heteroatoms. The number of hydrogen-bond donors (Lipinski definition) is 4. The zero-order valence-corrected chi connectivity index (χ0v) is 23.5. The van der Waals surface area contributed by atoms with Gasteiger partial charge in [-0.15, -0.1) is 11.3 Å². The molecular formula is C26H32IN5O3S. The summed E-state index contributed by atoms with van der Waals surface area (Å²) in [6.45, 7) is 5.65. The highest BCUT2D eigenvalue weighted by molar-refractivity contribution is 14.1. The van der Waals surface area contributed by atoms with E-state index in [0.717, 1.165) is 58.1 Å². The predicted molar refractivity (Wildman–Crippen MR) is 150 cm³/mol. The predicted octanol–water partition coefficient (Wildman–Crippen LogP) is 3.77. The Morgan fingerprint density at radius 2 is 1.97 bits per heavy atom. The van der Waals surface area contributed by atoms with Gasteiger partial charge in [0.25, 0.3) is 11.8 Å². The molecule has 0 saturated heterocycles. The molecule has 0 spiro atoms. The van der Waals surface area contributed by atoms with E-state index in [-0.39, 0.29) is 36.0 Å². The number of aromatic nitrogens is 2. The van der Waals surface area contributed by atoms with Crippen LogP contribution in [0.25, 0.3) is 10.9 Å². The molecule has 2 aliphatic rings. The summed E-state index contributed by atoms with van der Waals surface area (Å²) in [5, 5.41) is 17.5. The summed E-state index contributed by atoms with van der Waals surface area (Å²) < 4.78 is 0.921. The molecule has 1 saturated carbocycles. The van der Waals surface area contributed by atoms with Crippen molar-refractivity contribution in [1.29, 1.82) is 0 Å². The van der Waals surface area contributed by atoms with E-state index >= 15 is 0 Å². The molecule has 3 heterocycles. The van der Waals surface area contributed by atoms with Crippen molar-refractivity contribution in [2.75, 3.05) is 13.2 Å². The average molecular weight is 622 g/mol. The van der Waals surface area contributed by atoms with Crippen LogP contribution in [-0.4, -0.2) is 62.6 Å². The molecule has 2 atom stereocenters. The van der Waals surface area contributed by atoms with Gasteiger partial charge in [0.2, 0.25) is 0 Å². The van der Waals surface area contributed by atoms with Crippen molar-refractivity contribution >= 4 is 56.6 Å². The molecule has 36 heavy (non-hydrogen) atoms. The molecule has 2 amide bonds. The lowest BCUT2D eigenvalue weighted by molar-refractivity contribution is 0.0471. The van der Waals surface area contributed by atoms with Crippen LogP contribution in [0, 0.1) is 0 Å². The number of carbonyl (C=O) groups is 2. The second-order valence-electron chi connectivity index (χ2n) is 10.4. The number of alkyl halides is 1. The number of nitrogens with one attached hydrogen (secondary N) is 3. The van der Waals surface area contributed by atoms with E-state index in [1.807, 2.05) is 26.0 Å². The zero-order chi connectivity index (χ0) is 25.4. The lowest BCUT2D eigenvalue weighted by atomic mass is 10.0. The van der Waals surface area contributed by atoms with Gasteiger partial charge < -0.3 is 20.7 Å². The lowest BCUT2D eigenvalue weighted by Gasteiger charge is -2.39. The van der Waals surface area contributed by atoms with Crippen molar-refractivity contribution < 1.29 is 14.7 Å². The van der Waals surface area contributed by atoms with Crippen LogP contribution in [0.1, 0.15) is 69.5 Å². The second-order valence-corrected chi connectivity index (χ2v) is 12.2. The number of aliphatic hydroxyl groups is 1. The number of amides is 2. The number of aromatic amines is 1. The Hall–Kier alpha value is -2.02. The summed E-state index contributed by atoms with van der Waals surface area (Å²) in [6, 6.07) is 7.83. The molecule has 5 rings (SSSR count). The van der Waals surface area contributed by atoms with Gasteiger partial charge in [-0.2, -0.15) is 0 Å². The Bertz CT molecular complexity index is 1290. The van der Waals surface area contributed by atoms with Crippen molar-refractivity contribution in [1.82, 2.24) is 25.5 Å². The Kier molecular flexibility index (Phi) is 7.39. The van der Waals surface area contributed by atoms with E-state index < -0.39 is 0 Å². The molecule has 8 nitrogen and oxygen atoms in total. The molecule has 3 aromatic rings. The summed E-state index contributed by atoms with van der Waals surface area (Å²) in [5.41, 5.74) is 3.38. The molecule has 4 N–H and O–H groups in total. The monoisotopic (exact) mass is 621 g/mol. The Labute approximate surface area is 228 Å². The van der Waals surface area contributed by atoms with Gasteiger partial charge in [-0.1, -0.05) is 28.7 Å². The van der Waals surface area contributed by atoms with E-state index in [1.165, 1.54) is 16.9 Å². The summed E-state index contributed by atoms with van der Waals surface area (Å²) >= 11 is 3.77. The molecule has 2 aromatic heterocycles. The highest BCUT2D eigenvalue weighted by Crippen LogP contribution is 2.30. The quantitative estimate of drug-likeness (QED) is 0.237. The van der Waals surface area contributed by atoms with E-state index in [4.69, 9.17) is 0 Å². The Balaban J connectivity index is 1.23. The van der Waals surface area contributed by atoms with Gasteiger partial charge in [-0.05, 0) is 56.9 Å². The van der Waals surface area contributed by atoms with Gasteiger partial charge in [0.05, 0.1) is 12.3 Å². The van der Waals surface area contributed by atoms with Crippen LogP contribution in [0.4, 0.5) is 0 Å². The van der Waals surface area contributed by atoms with Gasteiger partial charge in [-0.25, -0.2) is 4.98 Å². The van der Waals surface area contributed by atoms with Crippen LogP contribution >= 0.6 is 33.9 Å². The lowest BCUT2D eigenvalue weighted by Crippen LogP contribution is -2.48. The topological polar surface area (TPSA) is 110 Å². The van der Waals surface area contributed by atoms with E-state index in [2.05, 4.69) is 60.2 Å². The molecule has 1 fully saturated rings. The SMILES string of the molecule is CC(C)(CO)N1CCc2nc(C(=O)N[C@@H]3CCC[C@H]3NC(=O)c3cc4cc(CI)ccc4[nH]3)sc2C1. The van der Waals surface area contributed by atoms with E-state index in [0.29, 0.717) is 17.2 Å². The van der Waals surface area contributed by atoms with Crippen LogP contribution in [0.3, 0.4) is 0 Å². The smallest absolute Gasteiger partial charge is 0.280 e. The van der Waals surface area contributed by atoms with Crippen LogP contribution in [0.2, 0.25) is 0 Å². The minimum absolute atomic E-state index is 0.0846. The second kappa shape index (κ2) is 10.4. The van der Waals surface area contributed by atoms with Crippen LogP contribution in [0.15, 0.2) is 24.3 Å². The van der Waals surface area contributed by atoms with Gasteiger partial charge in [0.15, 0.2) is 5.01 Å². The fourth-order valence-electron chi connectivity index (χ4n) is 5.08. The number of hydrogen-bond acceptors (Lipinski definition) is 6. The number of halogens is 1. The number of aliphatic hydroxyl groups excluding tert-OH is 1. The number of H-pyrrole nitrogens is 1. The van der Waals surface area contributed by atoms with Crippen molar-refractivity contribution in [2.24, 2.45) is 0 Å². The molecular weight excluding hydrogens is 589 g/mol. The van der Waals surface area contributed by atoms with Crippen molar-refractivity contribution in [3.63, 3.8) is 0 Å². The fraction of sp³-hybridized carbons (Fsp3) is 0.500. The summed E-state index contributed by atoms with van der Waals surface area (Å²) in [5.74, 6) is -0.324. The molecule has 1 aliphatic heterocycles. The normalized spacial score (nSPS) is 20.4. The van der Waals surface area contributed by atoms with Crippen LogP contribution in [0.5, 0.6) is 0 Å². The fourth-order valence-corrected chi connectivity index (χ4v) is 6.58. The van der Waals surface area contributed by atoms with Gasteiger partial charge in [0.1, 0.15) is 5.69 Å². The van der Waals surface area contributed by atoms with Crippen molar-refractivity contribution in [2.45, 2.75) is 68.1 Å². The number of rotatable bonds is 7. The zero-order valence-electron chi connectivity index (χ0n) is 20.6. The van der Waals surface area contributed by atoms with E-state index in [9.17, 15) is 14.7 Å². The van der Waals surface area contributed by atoms with Gasteiger partial charge in [-0.3, -0.25) is 14.5 Å². The van der Waals surface area contributed by atoms with Crippen LogP contribution in [-0.2, 0) is 17.4 Å². The minimum Gasteiger partial charge on any atom is -0.394 e. The maximum atomic E-state index is 13.1. The molecule has 0 radical (unpaired) electrons. The molecule has 192 valence electrons. The number of thiazole rings is 1. The maximum absolute atomic E-state index is 13.1. The third kappa shape index (κ3) is 5.18. The third-order valence-corrected chi connectivity index (χ3v) is 9.36. The number of nitrogens with zero attached hydrogens (tertiary/aromatic N) is 2. The molecule has 1 aromatic carbocycles. The number of carbonyl (C=O) groups excluding carboxylic acids is 2. The standard InChI is InChI=1S/C26H32IN5O3S/c1-26(2,14-33)32-9-8-20-22(13-32)36-25(31-20)24(35)30-19-5-3-4-18(19)29-23(34)21-11-16-10-15(12-27)6-7-17(16)28-21/h6-7,10-11,18-19,28,33H,3-5,8-9,12-14H2,1-2H3,(H,29,34)(H,30,35)/t18-,19-/m1/s1. The van der Waals surface area contributed by atoms with E-state index in [1.54, 1.807) is 0 Å². The van der Waals surface area contributed by atoms with Crippen molar-refractivity contribution in [3.8, 4) is 0 Å². The molecule has 0 unspecified atom stereocenters. The first-order valence-corrected chi connectivity index (χ1v) is 14.8. The minimum atomic E-state index is -0.303. The average Bonchev–Trinajstić information content (AvgIpc) is 3.61. The highest BCUT2D eigenvalue weighted by Gasteiger charge is 2.34. The summed E-state index contributed by atoms with van der Waals surface area (Å²) in [7, 11) is 0.